The van der Waals surface area contributed by atoms with E-state index >= 15 is 0 Å². The fourth-order valence-electron chi connectivity index (χ4n) is 3.43. The number of nitro groups is 1. The molecule has 4 rings (SSSR count). The molecular formula is C24H23N3O3. The number of hydrogen-bond donors (Lipinski definition) is 1. The average molecular weight is 401 g/mol. The van der Waals surface area contributed by atoms with E-state index in [2.05, 4.69) is 17.2 Å². The SMILES string of the molecule is CCCCCNc1ccc([N+](=O)[O-])cc1-c1nc2cc(-c3ccccc3)ccc2o1. The normalized spacial score (nSPS) is 11.0. The van der Waals surface area contributed by atoms with Crippen molar-refractivity contribution in [1.82, 2.24) is 4.98 Å². The Morgan fingerprint density at radius 1 is 1.00 bits per heavy atom. The molecule has 6 heteroatoms. The van der Waals surface area contributed by atoms with Gasteiger partial charge in [-0.1, -0.05) is 56.2 Å². The molecule has 30 heavy (non-hydrogen) atoms. The van der Waals surface area contributed by atoms with E-state index < -0.39 is 4.92 Å². The van der Waals surface area contributed by atoms with Gasteiger partial charge < -0.3 is 9.73 Å². The van der Waals surface area contributed by atoms with Crippen molar-refractivity contribution in [1.29, 1.82) is 0 Å². The van der Waals surface area contributed by atoms with Crippen LogP contribution in [-0.2, 0) is 0 Å². The van der Waals surface area contributed by atoms with Crippen LogP contribution in [0.4, 0.5) is 11.4 Å². The molecule has 152 valence electrons. The van der Waals surface area contributed by atoms with Crippen LogP contribution in [0.25, 0.3) is 33.7 Å². The first-order chi connectivity index (χ1) is 14.7. The average Bonchev–Trinajstić information content (AvgIpc) is 3.20. The third-order valence-electron chi connectivity index (χ3n) is 5.03. The molecule has 0 saturated heterocycles. The molecule has 0 amide bonds. The summed E-state index contributed by atoms with van der Waals surface area (Å²) in [5.41, 5.74) is 4.89. The van der Waals surface area contributed by atoms with Crippen molar-refractivity contribution in [2.45, 2.75) is 26.2 Å². The third kappa shape index (κ3) is 4.17. The summed E-state index contributed by atoms with van der Waals surface area (Å²) < 4.78 is 5.97. The molecule has 0 saturated carbocycles. The van der Waals surface area contributed by atoms with E-state index in [1.165, 1.54) is 12.1 Å². The molecular weight excluding hydrogens is 378 g/mol. The zero-order chi connectivity index (χ0) is 20.9. The molecule has 0 atom stereocenters. The lowest BCUT2D eigenvalue weighted by Gasteiger charge is -2.09. The predicted molar refractivity (Wildman–Crippen MR) is 120 cm³/mol. The summed E-state index contributed by atoms with van der Waals surface area (Å²) in [7, 11) is 0. The van der Waals surface area contributed by atoms with E-state index in [-0.39, 0.29) is 5.69 Å². The van der Waals surface area contributed by atoms with Gasteiger partial charge in [-0.25, -0.2) is 4.98 Å². The zero-order valence-electron chi connectivity index (χ0n) is 16.8. The topological polar surface area (TPSA) is 81.2 Å². The molecule has 0 bridgehead atoms. The Balaban J connectivity index is 1.72. The Morgan fingerprint density at radius 2 is 1.83 bits per heavy atom. The number of aromatic nitrogens is 1. The van der Waals surface area contributed by atoms with Gasteiger partial charge in [0.1, 0.15) is 5.52 Å². The smallest absolute Gasteiger partial charge is 0.270 e. The van der Waals surface area contributed by atoms with Gasteiger partial charge in [0.05, 0.1) is 10.5 Å². The molecule has 0 spiro atoms. The summed E-state index contributed by atoms with van der Waals surface area (Å²) in [5.74, 6) is 0.372. The maximum atomic E-state index is 11.3. The number of unbranched alkanes of at least 4 members (excludes halogenated alkanes) is 2. The minimum Gasteiger partial charge on any atom is -0.436 e. The maximum Gasteiger partial charge on any atom is 0.270 e. The first-order valence-electron chi connectivity index (χ1n) is 10.1. The van der Waals surface area contributed by atoms with Crippen molar-refractivity contribution < 1.29 is 9.34 Å². The minimum atomic E-state index is -0.402. The Labute approximate surface area is 174 Å². The Hall–Kier alpha value is -3.67. The van der Waals surface area contributed by atoms with E-state index in [4.69, 9.17) is 4.42 Å². The van der Waals surface area contributed by atoms with Crippen LogP contribution >= 0.6 is 0 Å². The molecule has 6 nitrogen and oxygen atoms in total. The van der Waals surface area contributed by atoms with Gasteiger partial charge in [0.2, 0.25) is 5.89 Å². The van der Waals surface area contributed by atoms with Crippen LogP contribution in [0.5, 0.6) is 0 Å². The maximum absolute atomic E-state index is 11.3. The fourth-order valence-corrected chi connectivity index (χ4v) is 3.43. The summed E-state index contributed by atoms with van der Waals surface area (Å²) in [6.45, 7) is 2.94. The van der Waals surface area contributed by atoms with Crippen LogP contribution in [0.3, 0.4) is 0 Å². The molecule has 0 radical (unpaired) electrons. The monoisotopic (exact) mass is 401 g/mol. The predicted octanol–water partition coefficient (Wildman–Crippen LogP) is 6.67. The van der Waals surface area contributed by atoms with Crippen molar-refractivity contribution in [3.8, 4) is 22.6 Å². The van der Waals surface area contributed by atoms with E-state index in [0.29, 0.717) is 17.0 Å². The second kappa shape index (κ2) is 8.78. The van der Waals surface area contributed by atoms with Gasteiger partial charge in [-0.3, -0.25) is 10.1 Å². The number of fused-ring (bicyclic) bond motifs is 1. The number of non-ortho nitro benzene ring substituents is 1. The van der Waals surface area contributed by atoms with Crippen LogP contribution in [-0.4, -0.2) is 16.5 Å². The summed E-state index contributed by atoms with van der Waals surface area (Å²) in [4.78, 5) is 15.5. The molecule has 0 aliphatic heterocycles. The lowest BCUT2D eigenvalue weighted by Crippen LogP contribution is -2.03. The number of benzene rings is 3. The van der Waals surface area contributed by atoms with Gasteiger partial charge in [0.25, 0.3) is 5.69 Å². The summed E-state index contributed by atoms with van der Waals surface area (Å²) in [5, 5.41) is 14.7. The number of anilines is 1. The van der Waals surface area contributed by atoms with E-state index in [0.717, 1.165) is 48.1 Å². The highest BCUT2D eigenvalue weighted by Crippen LogP contribution is 2.34. The lowest BCUT2D eigenvalue weighted by atomic mass is 10.1. The number of nitro benzene ring substituents is 1. The Bertz CT molecular complexity index is 1170. The van der Waals surface area contributed by atoms with Gasteiger partial charge in [0, 0.05) is 24.4 Å². The van der Waals surface area contributed by atoms with Crippen LogP contribution in [0.1, 0.15) is 26.2 Å². The number of nitrogens with zero attached hydrogens (tertiary/aromatic N) is 2. The van der Waals surface area contributed by atoms with Gasteiger partial charge in [-0.05, 0) is 35.7 Å². The lowest BCUT2D eigenvalue weighted by molar-refractivity contribution is -0.384. The molecule has 3 aromatic carbocycles. The second-order valence-corrected chi connectivity index (χ2v) is 7.19. The van der Waals surface area contributed by atoms with Crippen molar-refractivity contribution in [2.75, 3.05) is 11.9 Å². The first-order valence-corrected chi connectivity index (χ1v) is 10.1. The van der Waals surface area contributed by atoms with Crippen molar-refractivity contribution in [3.05, 3.63) is 76.8 Å². The quantitative estimate of drug-likeness (QED) is 0.202. The Kier molecular flexibility index (Phi) is 5.75. The number of hydrogen-bond acceptors (Lipinski definition) is 5. The molecule has 0 aliphatic carbocycles. The summed E-state index contributed by atoms with van der Waals surface area (Å²) in [6, 6.07) is 20.7. The second-order valence-electron chi connectivity index (χ2n) is 7.19. The van der Waals surface area contributed by atoms with Gasteiger partial charge in [0.15, 0.2) is 5.58 Å². The zero-order valence-corrected chi connectivity index (χ0v) is 16.8. The molecule has 1 N–H and O–H groups in total. The van der Waals surface area contributed by atoms with E-state index in [9.17, 15) is 10.1 Å². The first kappa shape index (κ1) is 19.6. The van der Waals surface area contributed by atoms with Crippen LogP contribution in [0, 0.1) is 10.1 Å². The molecule has 1 heterocycles. The van der Waals surface area contributed by atoms with Crippen LogP contribution < -0.4 is 5.32 Å². The van der Waals surface area contributed by atoms with E-state index in [1.54, 1.807) is 6.07 Å². The molecule has 0 aliphatic rings. The largest absolute Gasteiger partial charge is 0.436 e. The van der Waals surface area contributed by atoms with Crippen molar-refractivity contribution >= 4 is 22.5 Å². The fraction of sp³-hybridized carbons (Fsp3) is 0.208. The van der Waals surface area contributed by atoms with Gasteiger partial charge in [-0.15, -0.1) is 0 Å². The molecule has 0 unspecified atom stereocenters. The van der Waals surface area contributed by atoms with Gasteiger partial charge >= 0.3 is 0 Å². The highest BCUT2D eigenvalue weighted by molar-refractivity contribution is 5.84. The highest BCUT2D eigenvalue weighted by Gasteiger charge is 2.17. The molecule has 1 aromatic heterocycles. The highest BCUT2D eigenvalue weighted by atomic mass is 16.6. The number of nitrogens with one attached hydrogen (secondary N) is 1. The molecule has 0 fully saturated rings. The molecule has 4 aromatic rings. The van der Waals surface area contributed by atoms with E-state index in [1.807, 2.05) is 48.5 Å². The van der Waals surface area contributed by atoms with Crippen molar-refractivity contribution in [3.63, 3.8) is 0 Å². The standard InChI is InChI=1S/C24H23N3O3/c1-2-3-7-14-25-21-12-11-19(27(28)29)16-20(21)24-26-22-15-18(10-13-23(22)30-24)17-8-5-4-6-9-17/h4-6,8-13,15-16,25H,2-3,7,14H2,1H3. The Morgan fingerprint density at radius 3 is 2.60 bits per heavy atom. The van der Waals surface area contributed by atoms with Crippen LogP contribution in [0.15, 0.2) is 71.1 Å². The third-order valence-corrected chi connectivity index (χ3v) is 5.03. The number of rotatable bonds is 8. The number of oxazole rings is 1. The summed E-state index contributed by atoms with van der Waals surface area (Å²) in [6.07, 6.45) is 3.28. The van der Waals surface area contributed by atoms with Crippen LogP contribution in [0.2, 0.25) is 0 Å². The van der Waals surface area contributed by atoms with Gasteiger partial charge in [-0.2, -0.15) is 0 Å². The summed E-state index contributed by atoms with van der Waals surface area (Å²) >= 11 is 0. The minimum absolute atomic E-state index is 0.0105. The van der Waals surface area contributed by atoms with Crippen molar-refractivity contribution in [2.24, 2.45) is 0 Å².